The molecule has 1 aromatic rings. The zero-order chi connectivity index (χ0) is 10.2. The molecule has 1 heterocycles. The van der Waals surface area contributed by atoms with E-state index < -0.39 is 0 Å². The minimum atomic E-state index is 0.481. The molecular formula is C10H12N2OS. The highest BCUT2D eigenvalue weighted by atomic mass is 32.2. The molecule has 0 aromatic carbocycles. The maximum absolute atomic E-state index is 8.63. The molecule has 0 aliphatic heterocycles. The van der Waals surface area contributed by atoms with Gasteiger partial charge in [-0.05, 0) is 17.7 Å². The van der Waals surface area contributed by atoms with Gasteiger partial charge in [0.1, 0.15) is 11.8 Å². The SMILES string of the molecule is COCCSCc1ccnc(C#N)c1. The van der Waals surface area contributed by atoms with Crippen LogP contribution in [0.3, 0.4) is 0 Å². The molecule has 0 unspecified atom stereocenters. The van der Waals surface area contributed by atoms with E-state index in [2.05, 4.69) is 4.98 Å². The quantitative estimate of drug-likeness (QED) is 0.693. The lowest BCUT2D eigenvalue weighted by Gasteiger charge is -2.00. The molecule has 0 radical (unpaired) electrons. The van der Waals surface area contributed by atoms with E-state index in [0.29, 0.717) is 5.69 Å². The lowest BCUT2D eigenvalue weighted by atomic mass is 10.2. The smallest absolute Gasteiger partial charge is 0.140 e. The fourth-order valence-corrected chi connectivity index (χ4v) is 1.80. The van der Waals surface area contributed by atoms with Crippen molar-refractivity contribution in [2.24, 2.45) is 0 Å². The van der Waals surface area contributed by atoms with Crippen LogP contribution in [0.1, 0.15) is 11.3 Å². The van der Waals surface area contributed by atoms with E-state index in [-0.39, 0.29) is 0 Å². The normalized spacial score (nSPS) is 9.71. The Labute approximate surface area is 88.1 Å². The van der Waals surface area contributed by atoms with Crippen molar-refractivity contribution in [1.82, 2.24) is 4.98 Å². The summed E-state index contributed by atoms with van der Waals surface area (Å²) >= 11 is 1.79. The zero-order valence-electron chi connectivity index (χ0n) is 8.06. The van der Waals surface area contributed by atoms with Crippen LogP contribution < -0.4 is 0 Å². The number of thioether (sulfide) groups is 1. The van der Waals surface area contributed by atoms with Gasteiger partial charge < -0.3 is 4.74 Å². The minimum Gasteiger partial charge on any atom is -0.384 e. The molecule has 1 aromatic heterocycles. The van der Waals surface area contributed by atoms with E-state index >= 15 is 0 Å². The van der Waals surface area contributed by atoms with E-state index in [0.717, 1.165) is 23.7 Å². The van der Waals surface area contributed by atoms with Crippen molar-refractivity contribution in [2.45, 2.75) is 5.75 Å². The first-order valence-electron chi connectivity index (χ1n) is 4.28. The van der Waals surface area contributed by atoms with Gasteiger partial charge in [-0.3, -0.25) is 0 Å². The van der Waals surface area contributed by atoms with Crippen LogP contribution >= 0.6 is 11.8 Å². The molecule has 0 fully saturated rings. The van der Waals surface area contributed by atoms with Crippen molar-refractivity contribution in [3.8, 4) is 6.07 Å². The molecule has 0 saturated carbocycles. The summed E-state index contributed by atoms with van der Waals surface area (Å²) in [4.78, 5) is 3.91. The van der Waals surface area contributed by atoms with Crippen molar-refractivity contribution in [1.29, 1.82) is 5.26 Å². The molecule has 0 amide bonds. The van der Waals surface area contributed by atoms with Gasteiger partial charge in [0.25, 0.3) is 0 Å². The van der Waals surface area contributed by atoms with Gasteiger partial charge in [0.15, 0.2) is 0 Å². The highest BCUT2D eigenvalue weighted by molar-refractivity contribution is 7.98. The maximum atomic E-state index is 8.63. The van der Waals surface area contributed by atoms with Crippen LogP contribution in [-0.2, 0) is 10.5 Å². The third-order valence-corrected chi connectivity index (χ3v) is 2.63. The molecule has 74 valence electrons. The number of rotatable bonds is 5. The van der Waals surface area contributed by atoms with Gasteiger partial charge in [-0.2, -0.15) is 17.0 Å². The Bertz CT molecular complexity index is 322. The Morgan fingerprint density at radius 1 is 1.64 bits per heavy atom. The minimum absolute atomic E-state index is 0.481. The van der Waals surface area contributed by atoms with Crippen molar-refractivity contribution in [2.75, 3.05) is 19.5 Å². The second-order valence-corrected chi connectivity index (χ2v) is 3.81. The van der Waals surface area contributed by atoms with E-state index in [1.165, 1.54) is 0 Å². The average Bonchev–Trinajstić information content (AvgIpc) is 2.25. The first kappa shape index (κ1) is 11.0. The second kappa shape index (κ2) is 6.41. The Kier molecular flexibility index (Phi) is 5.05. The van der Waals surface area contributed by atoms with E-state index in [1.54, 1.807) is 25.1 Å². The Morgan fingerprint density at radius 3 is 3.21 bits per heavy atom. The van der Waals surface area contributed by atoms with Crippen LogP contribution in [0.15, 0.2) is 18.3 Å². The zero-order valence-corrected chi connectivity index (χ0v) is 8.88. The van der Waals surface area contributed by atoms with Crippen LogP contribution in [0.5, 0.6) is 0 Å². The van der Waals surface area contributed by atoms with Crippen LogP contribution in [-0.4, -0.2) is 24.5 Å². The number of methoxy groups -OCH3 is 1. The molecule has 4 heteroatoms. The Balaban J connectivity index is 2.39. The number of hydrogen-bond acceptors (Lipinski definition) is 4. The number of nitriles is 1. The average molecular weight is 208 g/mol. The monoisotopic (exact) mass is 208 g/mol. The highest BCUT2D eigenvalue weighted by Crippen LogP contribution is 2.11. The predicted molar refractivity (Wildman–Crippen MR) is 57.0 cm³/mol. The van der Waals surface area contributed by atoms with E-state index in [1.807, 2.05) is 18.2 Å². The van der Waals surface area contributed by atoms with Gasteiger partial charge in [-0.15, -0.1) is 0 Å². The van der Waals surface area contributed by atoms with Crippen molar-refractivity contribution in [3.05, 3.63) is 29.6 Å². The van der Waals surface area contributed by atoms with Crippen molar-refractivity contribution >= 4 is 11.8 Å². The first-order chi connectivity index (χ1) is 6.86. The molecule has 0 spiro atoms. The van der Waals surface area contributed by atoms with Crippen LogP contribution in [0.2, 0.25) is 0 Å². The molecule has 14 heavy (non-hydrogen) atoms. The summed E-state index contributed by atoms with van der Waals surface area (Å²) < 4.78 is 4.94. The second-order valence-electron chi connectivity index (χ2n) is 2.71. The molecule has 0 aliphatic carbocycles. The van der Waals surface area contributed by atoms with Crippen LogP contribution in [0.4, 0.5) is 0 Å². The molecule has 0 bridgehead atoms. The predicted octanol–water partition coefficient (Wildman–Crippen LogP) is 1.83. The third kappa shape index (κ3) is 3.77. The first-order valence-corrected chi connectivity index (χ1v) is 5.44. The lowest BCUT2D eigenvalue weighted by Crippen LogP contribution is -1.93. The molecule has 0 saturated heterocycles. The summed E-state index contributed by atoms with van der Waals surface area (Å²) in [5.74, 6) is 1.88. The van der Waals surface area contributed by atoms with Gasteiger partial charge in [0.05, 0.1) is 6.61 Å². The standard InChI is InChI=1S/C10H12N2OS/c1-13-4-5-14-8-9-2-3-12-10(6-9)7-11/h2-3,6H,4-5,8H2,1H3. The topological polar surface area (TPSA) is 45.9 Å². The summed E-state index contributed by atoms with van der Waals surface area (Å²) in [5.41, 5.74) is 1.62. The number of hydrogen-bond donors (Lipinski definition) is 0. The maximum Gasteiger partial charge on any atom is 0.140 e. The number of ether oxygens (including phenoxy) is 1. The fourth-order valence-electron chi connectivity index (χ4n) is 0.957. The van der Waals surface area contributed by atoms with Gasteiger partial charge in [0.2, 0.25) is 0 Å². The highest BCUT2D eigenvalue weighted by Gasteiger charge is 1.96. The van der Waals surface area contributed by atoms with Crippen molar-refractivity contribution in [3.63, 3.8) is 0 Å². The fraction of sp³-hybridized carbons (Fsp3) is 0.400. The van der Waals surface area contributed by atoms with Crippen LogP contribution in [0.25, 0.3) is 0 Å². The van der Waals surface area contributed by atoms with Gasteiger partial charge in [-0.25, -0.2) is 4.98 Å². The number of aromatic nitrogens is 1. The largest absolute Gasteiger partial charge is 0.384 e. The lowest BCUT2D eigenvalue weighted by molar-refractivity contribution is 0.218. The molecular weight excluding hydrogens is 196 g/mol. The van der Waals surface area contributed by atoms with Crippen molar-refractivity contribution < 1.29 is 4.74 Å². The van der Waals surface area contributed by atoms with Crippen LogP contribution in [0, 0.1) is 11.3 Å². The Hall–Kier alpha value is -1.05. The van der Waals surface area contributed by atoms with E-state index in [4.69, 9.17) is 10.00 Å². The summed E-state index contributed by atoms with van der Waals surface area (Å²) in [7, 11) is 1.70. The van der Waals surface area contributed by atoms with E-state index in [9.17, 15) is 0 Å². The third-order valence-electron chi connectivity index (χ3n) is 1.64. The summed E-state index contributed by atoms with van der Waals surface area (Å²) in [5, 5.41) is 8.63. The van der Waals surface area contributed by atoms with Gasteiger partial charge in [-0.1, -0.05) is 0 Å². The molecule has 0 aliphatic rings. The summed E-state index contributed by atoms with van der Waals surface area (Å²) in [6, 6.07) is 5.77. The summed E-state index contributed by atoms with van der Waals surface area (Å²) in [6.07, 6.45) is 1.67. The Morgan fingerprint density at radius 2 is 2.50 bits per heavy atom. The molecule has 0 atom stereocenters. The molecule has 3 nitrogen and oxygen atoms in total. The van der Waals surface area contributed by atoms with Gasteiger partial charge >= 0.3 is 0 Å². The molecule has 0 N–H and O–H groups in total. The number of nitrogens with zero attached hydrogens (tertiary/aromatic N) is 2. The number of pyridine rings is 1. The van der Waals surface area contributed by atoms with Gasteiger partial charge in [0, 0.05) is 24.8 Å². The molecule has 1 rings (SSSR count). The summed E-state index contributed by atoms with van der Waals surface area (Å²) in [6.45, 7) is 0.765.